The zero-order chi connectivity index (χ0) is 17.2. The Kier molecular flexibility index (Phi) is 8.27. The van der Waals surface area contributed by atoms with Crippen LogP contribution in [0.4, 0.5) is 0 Å². The summed E-state index contributed by atoms with van der Waals surface area (Å²) in [6, 6.07) is 10.6. The summed E-state index contributed by atoms with van der Waals surface area (Å²) in [7, 11) is 0. The van der Waals surface area contributed by atoms with Crippen molar-refractivity contribution in [2.75, 3.05) is 39.3 Å². The molecule has 0 radical (unpaired) electrons. The molecule has 0 spiro atoms. The zero-order valence-electron chi connectivity index (χ0n) is 15.9. The third kappa shape index (κ3) is 7.46. The van der Waals surface area contributed by atoms with Crippen LogP contribution in [-0.2, 0) is 0 Å². The monoisotopic (exact) mass is 328 g/mol. The van der Waals surface area contributed by atoms with Crippen LogP contribution in [0.1, 0.15) is 39.2 Å². The summed E-state index contributed by atoms with van der Waals surface area (Å²) < 4.78 is 0. The van der Waals surface area contributed by atoms with E-state index in [9.17, 15) is 0 Å². The van der Waals surface area contributed by atoms with E-state index in [1.807, 2.05) is 4.90 Å². The van der Waals surface area contributed by atoms with Crippen LogP contribution in [0.15, 0.2) is 48.1 Å². The van der Waals surface area contributed by atoms with Crippen LogP contribution >= 0.6 is 0 Å². The summed E-state index contributed by atoms with van der Waals surface area (Å²) in [5.41, 5.74) is 2.77. The minimum absolute atomic E-state index is 0.843. The highest BCUT2D eigenvalue weighted by atomic mass is 15.3. The molecule has 1 saturated heterocycles. The molecule has 2 nitrogen and oxygen atoms in total. The van der Waals surface area contributed by atoms with E-state index in [1.54, 1.807) is 4.90 Å². The predicted molar refractivity (Wildman–Crippen MR) is 104 cm³/mol. The van der Waals surface area contributed by atoms with Crippen LogP contribution in [0.2, 0.25) is 0 Å². The fourth-order valence-electron chi connectivity index (χ4n) is 3.54. The van der Waals surface area contributed by atoms with E-state index in [0.29, 0.717) is 0 Å². The molecule has 0 amide bonds. The van der Waals surface area contributed by atoms with E-state index in [0.717, 1.165) is 12.5 Å². The fraction of sp³-hybridized carbons (Fsp3) is 0.545. The molecule has 0 saturated carbocycles. The van der Waals surface area contributed by atoms with Crippen molar-refractivity contribution in [3.63, 3.8) is 0 Å². The molecular formula is C22H36N2+2. The van der Waals surface area contributed by atoms with Gasteiger partial charge in [0.1, 0.15) is 26.2 Å². The Morgan fingerprint density at radius 2 is 1.71 bits per heavy atom. The average Bonchev–Trinajstić information content (AvgIpc) is 2.57. The molecule has 0 aromatic heterocycles. The van der Waals surface area contributed by atoms with Crippen LogP contribution in [0.5, 0.6) is 0 Å². The number of quaternary nitrogens is 2. The van der Waals surface area contributed by atoms with Crippen LogP contribution < -0.4 is 9.80 Å². The SMILES string of the molecule is CC(C)=CCC[C@H](C)C[NH+]1CC[NH+](C/C=C/c2ccccc2)CC1. The van der Waals surface area contributed by atoms with Crippen molar-refractivity contribution in [3.05, 3.63) is 53.6 Å². The summed E-state index contributed by atoms with van der Waals surface area (Å²) in [6.07, 6.45) is 9.58. The number of hydrogen-bond acceptors (Lipinski definition) is 0. The topological polar surface area (TPSA) is 8.88 Å². The molecule has 2 rings (SSSR count). The van der Waals surface area contributed by atoms with Gasteiger partial charge in [0, 0.05) is 5.92 Å². The maximum atomic E-state index is 2.42. The van der Waals surface area contributed by atoms with Crippen molar-refractivity contribution in [2.45, 2.75) is 33.6 Å². The Morgan fingerprint density at radius 1 is 1.04 bits per heavy atom. The lowest BCUT2D eigenvalue weighted by Gasteiger charge is -2.30. The van der Waals surface area contributed by atoms with Crippen LogP contribution in [0, 0.1) is 5.92 Å². The van der Waals surface area contributed by atoms with Gasteiger partial charge in [0.25, 0.3) is 0 Å². The molecule has 1 aromatic carbocycles. The van der Waals surface area contributed by atoms with Crippen molar-refractivity contribution in [1.29, 1.82) is 0 Å². The Labute approximate surface area is 148 Å². The molecule has 0 unspecified atom stereocenters. The first-order valence-electron chi connectivity index (χ1n) is 9.65. The second-order valence-corrected chi connectivity index (χ2v) is 7.69. The summed E-state index contributed by atoms with van der Waals surface area (Å²) in [6.45, 7) is 14.6. The van der Waals surface area contributed by atoms with Crippen molar-refractivity contribution in [2.24, 2.45) is 5.92 Å². The molecular weight excluding hydrogens is 292 g/mol. The highest BCUT2D eigenvalue weighted by Gasteiger charge is 2.23. The largest absolute Gasteiger partial charge is 0.325 e. The molecule has 0 aliphatic carbocycles. The molecule has 1 heterocycles. The Morgan fingerprint density at radius 3 is 2.38 bits per heavy atom. The summed E-state index contributed by atoms with van der Waals surface area (Å²) in [5, 5.41) is 0. The molecule has 1 aliphatic heterocycles. The smallest absolute Gasteiger partial charge is 0.127 e. The van der Waals surface area contributed by atoms with Crippen molar-refractivity contribution in [3.8, 4) is 0 Å². The van der Waals surface area contributed by atoms with Crippen LogP contribution in [0.25, 0.3) is 6.08 Å². The van der Waals surface area contributed by atoms with E-state index in [-0.39, 0.29) is 0 Å². The van der Waals surface area contributed by atoms with Gasteiger partial charge in [0.05, 0.1) is 13.1 Å². The number of allylic oxidation sites excluding steroid dienone is 2. The Bertz CT molecular complexity index is 506. The second-order valence-electron chi connectivity index (χ2n) is 7.69. The van der Waals surface area contributed by atoms with Gasteiger partial charge in [-0.2, -0.15) is 0 Å². The summed E-state index contributed by atoms with van der Waals surface area (Å²) in [5.74, 6) is 0.843. The minimum atomic E-state index is 0.843. The van der Waals surface area contributed by atoms with Crippen LogP contribution in [0.3, 0.4) is 0 Å². The Hall–Kier alpha value is -1.38. The third-order valence-electron chi connectivity index (χ3n) is 5.03. The quantitative estimate of drug-likeness (QED) is 0.674. The molecule has 1 aliphatic rings. The number of nitrogens with one attached hydrogen (secondary N) is 2. The Balaban J connectivity index is 1.62. The van der Waals surface area contributed by atoms with Crippen molar-refractivity contribution < 1.29 is 9.80 Å². The van der Waals surface area contributed by atoms with Gasteiger partial charge in [-0.3, -0.25) is 0 Å². The average molecular weight is 329 g/mol. The van der Waals surface area contributed by atoms with Crippen molar-refractivity contribution >= 4 is 6.08 Å². The maximum absolute atomic E-state index is 2.42. The lowest BCUT2D eigenvalue weighted by Crippen LogP contribution is -3.28. The molecule has 0 bridgehead atoms. The highest BCUT2D eigenvalue weighted by Crippen LogP contribution is 2.05. The first-order chi connectivity index (χ1) is 11.6. The van der Waals surface area contributed by atoms with Gasteiger partial charge < -0.3 is 9.80 Å². The molecule has 132 valence electrons. The van der Waals surface area contributed by atoms with Gasteiger partial charge >= 0.3 is 0 Å². The van der Waals surface area contributed by atoms with E-state index in [1.165, 1.54) is 56.7 Å². The van der Waals surface area contributed by atoms with E-state index >= 15 is 0 Å². The predicted octanol–water partition coefficient (Wildman–Crippen LogP) is 1.87. The van der Waals surface area contributed by atoms with E-state index in [4.69, 9.17) is 0 Å². The number of benzene rings is 1. The number of piperazine rings is 1. The first-order valence-corrected chi connectivity index (χ1v) is 9.65. The normalized spacial score (nSPS) is 22.5. The molecule has 1 fully saturated rings. The molecule has 1 aromatic rings. The third-order valence-corrected chi connectivity index (χ3v) is 5.03. The zero-order valence-corrected chi connectivity index (χ0v) is 15.9. The lowest BCUT2D eigenvalue weighted by molar-refractivity contribution is -1.01. The summed E-state index contributed by atoms with van der Waals surface area (Å²) >= 11 is 0. The highest BCUT2D eigenvalue weighted by molar-refractivity contribution is 5.48. The molecule has 2 N–H and O–H groups in total. The first kappa shape index (κ1) is 19.0. The molecule has 1 atom stereocenters. The van der Waals surface area contributed by atoms with Gasteiger partial charge in [0.2, 0.25) is 0 Å². The lowest BCUT2D eigenvalue weighted by atomic mass is 10.0. The van der Waals surface area contributed by atoms with Gasteiger partial charge in [-0.25, -0.2) is 0 Å². The van der Waals surface area contributed by atoms with E-state index < -0.39 is 0 Å². The van der Waals surface area contributed by atoms with Crippen LogP contribution in [-0.4, -0.2) is 39.3 Å². The number of hydrogen-bond donors (Lipinski definition) is 2. The standard InChI is InChI=1S/C22H34N2/c1-20(2)9-7-10-21(3)19-24-17-15-23(16-18-24)14-8-13-22-11-5-4-6-12-22/h4-6,8-9,11-13,21H,7,10,14-19H2,1-3H3/p+2/b13-8+/t21-/m0/s1. The summed E-state index contributed by atoms with van der Waals surface area (Å²) in [4.78, 5) is 3.55. The van der Waals surface area contributed by atoms with Gasteiger partial charge in [0.15, 0.2) is 0 Å². The molecule has 2 heteroatoms. The number of rotatable bonds is 8. The van der Waals surface area contributed by atoms with Gasteiger partial charge in [-0.15, -0.1) is 0 Å². The fourth-order valence-corrected chi connectivity index (χ4v) is 3.54. The minimum Gasteiger partial charge on any atom is -0.325 e. The maximum Gasteiger partial charge on any atom is 0.127 e. The van der Waals surface area contributed by atoms with Gasteiger partial charge in [-0.1, -0.05) is 55.0 Å². The van der Waals surface area contributed by atoms with Crippen molar-refractivity contribution in [1.82, 2.24) is 0 Å². The van der Waals surface area contributed by atoms with Gasteiger partial charge in [-0.05, 0) is 38.3 Å². The van der Waals surface area contributed by atoms with E-state index in [2.05, 4.69) is 69.3 Å². The second kappa shape index (κ2) is 10.5. The molecule has 24 heavy (non-hydrogen) atoms.